The molecule has 1 aliphatic rings. The molecule has 0 fully saturated rings. The number of aliphatic imine (C=N–C) groups is 1. The molecular weight excluding hydrogens is 408 g/mol. The molecule has 3 heterocycles. The molecule has 0 spiro atoms. The quantitative estimate of drug-likeness (QED) is 0.571. The minimum Gasteiger partial charge on any atom is -0.469 e. The molecule has 2 atom stereocenters. The number of carbonyl (C=O) groups is 1. The lowest BCUT2D eigenvalue weighted by Crippen LogP contribution is -2.22. The Morgan fingerprint density at radius 1 is 1.21 bits per heavy atom. The standard InChI is InChI=1S/C21H21ClN4O2S/c1-10-12(3)29-20-16(10)18(14-6-8-15(22)9-7-14)23-17(11(2)21(27)28-5)19-25-24-13(4)26(19)20/h6-9,11,17H,1-5H3/t11-,17-/m0/s1. The van der Waals surface area contributed by atoms with Crippen molar-refractivity contribution in [3.8, 4) is 5.00 Å². The SMILES string of the molecule is COC(=O)[C@@H](C)[C@@H]1N=C(c2ccc(Cl)cc2)c2c(sc(C)c2C)-n2c(C)nnc21. The second kappa shape index (κ2) is 7.39. The summed E-state index contributed by atoms with van der Waals surface area (Å²) in [6, 6.07) is 7.09. The molecule has 0 unspecified atom stereocenters. The van der Waals surface area contributed by atoms with E-state index in [4.69, 9.17) is 21.3 Å². The van der Waals surface area contributed by atoms with Gasteiger partial charge in [-0.15, -0.1) is 21.5 Å². The third-order valence-electron chi connectivity index (χ3n) is 5.35. The van der Waals surface area contributed by atoms with Crippen LogP contribution >= 0.6 is 22.9 Å². The highest BCUT2D eigenvalue weighted by molar-refractivity contribution is 7.15. The molecule has 0 aliphatic carbocycles. The first-order chi connectivity index (χ1) is 13.8. The van der Waals surface area contributed by atoms with Crippen LogP contribution in [0.2, 0.25) is 5.02 Å². The summed E-state index contributed by atoms with van der Waals surface area (Å²) in [5, 5.41) is 10.4. The zero-order chi connectivity index (χ0) is 20.9. The van der Waals surface area contributed by atoms with E-state index in [1.54, 1.807) is 11.3 Å². The summed E-state index contributed by atoms with van der Waals surface area (Å²) in [5.41, 5.74) is 3.96. The van der Waals surface area contributed by atoms with E-state index in [-0.39, 0.29) is 5.97 Å². The van der Waals surface area contributed by atoms with Gasteiger partial charge in [-0.3, -0.25) is 14.4 Å². The molecule has 0 saturated heterocycles. The summed E-state index contributed by atoms with van der Waals surface area (Å²) in [4.78, 5) is 18.7. The number of hydrogen-bond acceptors (Lipinski definition) is 6. The van der Waals surface area contributed by atoms with Gasteiger partial charge in [0.25, 0.3) is 0 Å². The summed E-state index contributed by atoms with van der Waals surface area (Å²) in [5.74, 6) is 0.559. The number of ether oxygens (including phenoxy) is 1. The number of thiophene rings is 1. The van der Waals surface area contributed by atoms with Crippen molar-refractivity contribution in [2.24, 2.45) is 10.9 Å². The topological polar surface area (TPSA) is 69.4 Å². The molecule has 150 valence electrons. The van der Waals surface area contributed by atoms with E-state index in [1.807, 2.05) is 42.7 Å². The third kappa shape index (κ3) is 3.18. The Kier molecular flexibility index (Phi) is 5.04. The van der Waals surface area contributed by atoms with Crippen LogP contribution in [-0.4, -0.2) is 33.6 Å². The second-order valence-electron chi connectivity index (χ2n) is 7.15. The van der Waals surface area contributed by atoms with Crippen molar-refractivity contribution in [3.63, 3.8) is 0 Å². The molecule has 0 N–H and O–H groups in total. The van der Waals surface area contributed by atoms with Gasteiger partial charge in [-0.2, -0.15) is 0 Å². The van der Waals surface area contributed by atoms with Crippen molar-refractivity contribution in [2.45, 2.75) is 33.7 Å². The van der Waals surface area contributed by atoms with Gasteiger partial charge in [-0.25, -0.2) is 0 Å². The molecule has 4 rings (SSSR count). The normalized spacial score (nSPS) is 16.5. The number of methoxy groups -OCH3 is 1. The number of benzene rings is 1. The van der Waals surface area contributed by atoms with Crippen LogP contribution in [0, 0.1) is 26.7 Å². The molecule has 0 amide bonds. The molecule has 8 heteroatoms. The summed E-state index contributed by atoms with van der Waals surface area (Å²) in [7, 11) is 1.39. The van der Waals surface area contributed by atoms with E-state index >= 15 is 0 Å². The van der Waals surface area contributed by atoms with Crippen molar-refractivity contribution in [2.75, 3.05) is 7.11 Å². The van der Waals surface area contributed by atoms with E-state index in [0.29, 0.717) is 10.8 Å². The number of halogens is 1. The largest absolute Gasteiger partial charge is 0.469 e. The maximum atomic E-state index is 12.4. The Hall–Kier alpha value is -2.51. The first kappa shape index (κ1) is 19.8. The molecular formula is C21H21ClN4O2S. The Balaban J connectivity index is 2.04. The lowest BCUT2D eigenvalue weighted by atomic mass is 9.98. The second-order valence-corrected chi connectivity index (χ2v) is 8.79. The average molecular weight is 429 g/mol. The van der Waals surface area contributed by atoms with E-state index < -0.39 is 12.0 Å². The molecule has 3 aromatic rings. The first-order valence-electron chi connectivity index (χ1n) is 9.27. The minimum atomic E-state index is -0.520. The fraction of sp³-hybridized carbons (Fsp3) is 0.333. The van der Waals surface area contributed by atoms with Crippen LogP contribution in [-0.2, 0) is 9.53 Å². The predicted octanol–water partition coefficient (Wildman–Crippen LogP) is 4.61. The zero-order valence-electron chi connectivity index (χ0n) is 16.9. The molecule has 1 aromatic carbocycles. The van der Waals surface area contributed by atoms with Gasteiger partial charge in [0, 0.05) is 21.0 Å². The van der Waals surface area contributed by atoms with E-state index in [9.17, 15) is 4.79 Å². The van der Waals surface area contributed by atoms with Crippen LogP contribution in [0.5, 0.6) is 0 Å². The molecule has 0 saturated carbocycles. The number of hydrogen-bond donors (Lipinski definition) is 0. The number of esters is 1. The van der Waals surface area contributed by atoms with Gasteiger partial charge < -0.3 is 4.74 Å². The van der Waals surface area contributed by atoms with E-state index in [1.165, 1.54) is 12.0 Å². The van der Waals surface area contributed by atoms with Crippen molar-refractivity contribution in [1.29, 1.82) is 0 Å². The highest BCUT2D eigenvalue weighted by Gasteiger charge is 2.36. The zero-order valence-corrected chi connectivity index (χ0v) is 18.4. The lowest BCUT2D eigenvalue weighted by Gasteiger charge is -2.18. The Morgan fingerprint density at radius 3 is 2.55 bits per heavy atom. The smallest absolute Gasteiger partial charge is 0.311 e. The summed E-state index contributed by atoms with van der Waals surface area (Å²) in [6.07, 6.45) is 0. The summed E-state index contributed by atoms with van der Waals surface area (Å²) in [6.45, 7) is 7.92. The average Bonchev–Trinajstić information content (AvgIpc) is 3.17. The third-order valence-corrected chi connectivity index (χ3v) is 6.80. The number of aryl methyl sites for hydroxylation is 2. The predicted molar refractivity (Wildman–Crippen MR) is 114 cm³/mol. The molecule has 2 aromatic heterocycles. The van der Waals surface area contributed by atoms with Gasteiger partial charge in [-0.1, -0.05) is 23.7 Å². The van der Waals surface area contributed by atoms with Gasteiger partial charge in [0.05, 0.1) is 18.7 Å². The number of nitrogens with zero attached hydrogens (tertiary/aromatic N) is 4. The fourth-order valence-electron chi connectivity index (χ4n) is 3.60. The fourth-order valence-corrected chi connectivity index (χ4v) is 4.94. The van der Waals surface area contributed by atoms with Gasteiger partial charge >= 0.3 is 5.97 Å². The molecule has 0 bridgehead atoms. The van der Waals surface area contributed by atoms with Crippen LogP contribution in [0.1, 0.15) is 46.2 Å². The number of fused-ring (bicyclic) bond motifs is 3. The maximum Gasteiger partial charge on any atom is 0.311 e. The van der Waals surface area contributed by atoms with Crippen molar-refractivity contribution in [1.82, 2.24) is 14.8 Å². The monoisotopic (exact) mass is 428 g/mol. The Morgan fingerprint density at radius 2 is 1.90 bits per heavy atom. The lowest BCUT2D eigenvalue weighted by molar-refractivity contribution is -0.145. The van der Waals surface area contributed by atoms with Gasteiger partial charge in [0.1, 0.15) is 16.9 Å². The number of aromatic nitrogens is 3. The van der Waals surface area contributed by atoms with Crippen LogP contribution in [0.25, 0.3) is 5.00 Å². The number of carbonyl (C=O) groups excluding carboxylic acids is 1. The Bertz CT molecular complexity index is 1130. The van der Waals surface area contributed by atoms with Crippen LogP contribution in [0.3, 0.4) is 0 Å². The Labute approximate surface area is 178 Å². The van der Waals surface area contributed by atoms with Gasteiger partial charge in [0.15, 0.2) is 5.82 Å². The van der Waals surface area contributed by atoms with E-state index in [2.05, 4.69) is 24.0 Å². The molecule has 1 aliphatic heterocycles. The van der Waals surface area contributed by atoms with Crippen molar-refractivity contribution >= 4 is 34.6 Å². The van der Waals surface area contributed by atoms with Crippen LogP contribution in [0.15, 0.2) is 29.3 Å². The maximum absolute atomic E-state index is 12.4. The van der Waals surface area contributed by atoms with Crippen LogP contribution < -0.4 is 0 Å². The number of rotatable bonds is 3. The highest BCUT2D eigenvalue weighted by atomic mass is 35.5. The van der Waals surface area contributed by atoms with Crippen molar-refractivity contribution in [3.05, 3.63) is 62.5 Å². The van der Waals surface area contributed by atoms with Crippen molar-refractivity contribution < 1.29 is 9.53 Å². The van der Waals surface area contributed by atoms with Gasteiger partial charge in [0.2, 0.25) is 0 Å². The highest BCUT2D eigenvalue weighted by Crippen LogP contribution is 2.40. The summed E-state index contributed by atoms with van der Waals surface area (Å²) >= 11 is 7.79. The first-order valence-corrected chi connectivity index (χ1v) is 10.5. The summed E-state index contributed by atoms with van der Waals surface area (Å²) < 4.78 is 7.03. The minimum absolute atomic E-state index is 0.334. The molecule has 6 nitrogen and oxygen atoms in total. The van der Waals surface area contributed by atoms with Crippen LogP contribution in [0.4, 0.5) is 0 Å². The molecule has 29 heavy (non-hydrogen) atoms. The van der Waals surface area contributed by atoms with Gasteiger partial charge in [-0.05, 0) is 45.4 Å². The van der Waals surface area contributed by atoms with E-state index in [0.717, 1.165) is 33.2 Å². The molecule has 0 radical (unpaired) electrons.